The van der Waals surface area contributed by atoms with Crippen LogP contribution in [0.1, 0.15) is 36.3 Å². The lowest BCUT2D eigenvalue weighted by Crippen LogP contribution is -2.36. The van der Waals surface area contributed by atoms with Crippen molar-refractivity contribution in [3.63, 3.8) is 0 Å². The van der Waals surface area contributed by atoms with Gasteiger partial charge in [0.05, 0.1) is 17.1 Å². The van der Waals surface area contributed by atoms with Crippen molar-refractivity contribution in [1.29, 1.82) is 0 Å². The van der Waals surface area contributed by atoms with E-state index in [1.807, 2.05) is 0 Å². The summed E-state index contributed by atoms with van der Waals surface area (Å²) < 4.78 is 28.1. The largest absolute Gasteiger partial charge is 0.335 e. The molecule has 150 valence electrons. The van der Waals surface area contributed by atoms with Gasteiger partial charge in [0.1, 0.15) is 0 Å². The molecule has 0 saturated heterocycles. The Morgan fingerprint density at radius 1 is 1.21 bits per heavy atom. The van der Waals surface area contributed by atoms with Crippen LogP contribution in [0, 0.1) is 0 Å². The highest BCUT2D eigenvalue weighted by Crippen LogP contribution is 2.31. The fourth-order valence-corrected chi connectivity index (χ4v) is 6.35. The number of nitrogens with one attached hydrogen (secondary N) is 2. The summed E-state index contributed by atoms with van der Waals surface area (Å²) in [7, 11) is -3.56. The number of halogens is 1. The molecule has 1 aliphatic carbocycles. The van der Waals surface area contributed by atoms with Gasteiger partial charge in [0, 0.05) is 28.4 Å². The standard InChI is InChI=1S/C18H21BrN4O3S2/c19-12-5-7-14(8-6-12)28(25,26)23-10-9-15-16(11-23)27-18(21-15)22-17(24)20-13-3-1-2-4-13/h5-8,13H,1-4,9-11H2,(H2,20,21,22,24). The second-order valence-electron chi connectivity index (χ2n) is 7.01. The molecule has 1 aromatic heterocycles. The van der Waals surface area contributed by atoms with Gasteiger partial charge in [0.2, 0.25) is 10.0 Å². The minimum absolute atomic E-state index is 0.237. The predicted molar refractivity (Wildman–Crippen MR) is 112 cm³/mol. The monoisotopic (exact) mass is 484 g/mol. The number of fused-ring (bicyclic) bond motifs is 1. The van der Waals surface area contributed by atoms with Gasteiger partial charge in [-0.15, -0.1) is 0 Å². The summed E-state index contributed by atoms with van der Waals surface area (Å²) in [6.07, 6.45) is 4.88. The van der Waals surface area contributed by atoms with Gasteiger partial charge in [0.25, 0.3) is 0 Å². The molecular weight excluding hydrogens is 464 g/mol. The second-order valence-corrected chi connectivity index (χ2v) is 10.9. The summed E-state index contributed by atoms with van der Waals surface area (Å²) in [6, 6.07) is 6.64. The Balaban J connectivity index is 1.44. The molecule has 0 atom stereocenters. The second kappa shape index (κ2) is 8.10. The molecule has 1 aromatic carbocycles. The molecule has 1 fully saturated rings. The normalized spacial score (nSPS) is 18.0. The fraction of sp³-hybridized carbons (Fsp3) is 0.444. The van der Waals surface area contributed by atoms with Crippen LogP contribution in [-0.2, 0) is 23.0 Å². The number of urea groups is 1. The van der Waals surface area contributed by atoms with Crippen LogP contribution in [0.3, 0.4) is 0 Å². The number of anilines is 1. The molecular formula is C18H21BrN4O3S2. The van der Waals surface area contributed by atoms with E-state index in [4.69, 9.17) is 0 Å². The Bertz CT molecular complexity index is 969. The SMILES string of the molecule is O=C(Nc1nc2c(s1)CN(S(=O)(=O)c1ccc(Br)cc1)CC2)NC1CCCC1. The zero-order valence-electron chi connectivity index (χ0n) is 15.2. The Kier molecular flexibility index (Phi) is 5.73. The van der Waals surface area contributed by atoms with Crippen LogP contribution >= 0.6 is 27.3 Å². The maximum Gasteiger partial charge on any atom is 0.321 e. The first kappa shape index (κ1) is 19.8. The van der Waals surface area contributed by atoms with E-state index >= 15 is 0 Å². The van der Waals surface area contributed by atoms with Crippen LogP contribution < -0.4 is 10.6 Å². The van der Waals surface area contributed by atoms with E-state index in [-0.39, 0.29) is 23.5 Å². The molecule has 28 heavy (non-hydrogen) atoms. The third-order valence-electron chi connectivity index (χ3n) is 5.06. The highest BCUT2D eigenvalue weighted by molar-refractivity contribution is 9.10. The maximum absolute atomic E-state index is 12.9. The lowest BCUT2D eigenvalue weighted by atomic mass is 10.2. The van der Waals surface area contributed by atoms with Crippen molar-refractivity contribution in [3.05, 3.63) is 39.3 Å². The molecule has 4 rings (SSSR count). The summed E-state index contributed by atoms with van der Waals surface area (Å²) in [5.41, 5.74) is 0.864. The van der Waals surface area contributed by atoms with E-state index in [9.17, 15) is 13.2 Å². The summed E-state index contributed by atoms with van der Waals surface area (Å²) in [4.78, 5) is 17.8. The Labute approximate surface area is 176 Å². The maximum atomic E-state index is 12.9. The van der Waals surface area contributed by atoms with E-state index in [0.29, 0.717) is 18.1 Å². The molecule has 0 radical (unpaired) electrons. The lowest BCUT2D eigenvalue weighted by Gasteiger charge is -2.25. The number of aromatic nitrogens is 1. The predicted octanol–water partition coefficient (Wildman–Crippen LogP) is 3.72. The number of carbonyl (C=O) groups is 1. The number of hydrogen-bond acceptors (Lipinski definition) is 5. The molecule has 7 nitrogen and oxygen atoms in total. The average molecular weight is 485 g/mol. The minimum atomic E-state index is -3.56. The molecule has 0 bridgehead atoms. The smallest absolute Gasteiger partial charge is 0.321 e. The Morgan fingerprint density at radius 3 is 2.64 bits per heavy atom. The van der Waals surface area contributed by atoms with Gasteiger partial charge in [-0.25, -0.2) is 18.2 Å². The van der Waals surface area contributed by atoms with Gasteiger partial charge in [-0.1, -0.05) is 40.1 Å². The molecule has 1 saturated carbocycles. The zero-order chi connectivity index (χ0) is 19.7. The minimum Gasteiger partial charge on any atom is -0.335 e. The van der Waals surface area contributed by atoms with Crippen molar-refractivity contribution < 1.29 is 13.2 Å². The van der Waals surface area contributed by atoms with Crippen LogP contribution in [0.4, 0.5) is 9.93 Å². The Morgan fingerprint density at radius 2 is 1.93 bits per heavy atom. The number of carbonyl (C=O) groups excluding carboxylic acids is 1. The number of hydrogen-bond donors (Lipinski definition) is 2. The van der Waals surface area contributed by atoms with E-state index in [0.717, 1.165) is 40.7 Å². The number of benzene rings is 1. The summed E-state index contributed by atoms with van der Waals surface area (Å²) in [5.74, 6) is 0. The summed E-state index contributed by atoms with van der Waals surface area (Å²) in [5, 5.41) is 6.29. The molecule has 2 aromatic rings. The fourth-order valence-electron chi connectivity index (χ4n) is 3.58. The number of thiazole rings is 1. The van der Waals surface area contributed by atoms with Crippen molar-refractivity contribution in [3.8, 4) is 0 Å². The van der Waals surface area contributed by atoms with E-state index < -0.39 is 10.0 Å². The van der Waals surface area contributed by atoms with Crippen molar-refractivity contribution in [1.82, 2.24) is 14.6 Å². The highest BCUT2D eigenvalue weighted by atomic mass is 79.9. The number of sulfonamides is 1. The first-order valence-corrected chi connectivity index (χ1v) is 12.3. The van der Waals surface area contributed by atoms with Gasteiger partial charge >= 0.3 is 6.03 Å². The van der Waals surface area contributed by atoms with Gasteiger partial charge in [-0.2, -0.15) is 4.31 Å². The quantitative estimate of drug-likeness (QED) is 0.691. The topological polar surface area (TPSA) is 91.4 Å². The number of nitrogens with zero attached hydrogens (tertiary/aromatic N) is 2. The van der Waals surface area contributed by atoms with Gasteiger partial charge in [-0.05, 0) is 37.1 Å². The Hall–Kier alpha value is -1.49. The van der Waals surface area contributed by atoms with Crippen molar-refractivity contribution in [2.75, 3.05) is 11.9 Å². The molecule has 2 amide bonds. The highest BCUT2D eigenvalue weighted by Gasteiger charge is 2.30. The van der Waals surface area contributed by atoms with Gasteiger partial charge < -0.3 is 5.32 Å². The van der Waals surface area contributed by atoms with E-state index in [2.05, 4.69) is 31.5 Å². The van der Waals surface area contributed by atoms with Crippen LogP contribution in [0.25, 0.3) is 0 Å². The molecule has 2 heterocycles. The molecule has 0 spiro atoms. The first-order valence-electron chi connectivity index (χ1n) is 9.23. The van der Waals surface area contributed by atoms with E-state index in [1.54, 1.807) is 24.3 Å². The lowest BCUT2D eigenvalue weighted by molar-refractivity contribution is 0.248. The summed E-state index contributed by atoms with van der Waals surface area (Å²) >= 11 is 4.67. The molecule has 10 heteroatoms. The van der Waals surface area contributed by atoms with Crippen LogP contribution in [0.5, 0.6) is 0 Å². The molecule has 2 N–H and O–H groups in total. The molecule has 1 aliphatic heterocycles. The first-order chi connectivity index (χ1) is 13.4. The summed E-state index contributed by atoms with van der Waals surface area (Å²) in [6.45, 7) is 0.653. The molecule has 0 unspecified atom stereocenters. The third-order valence-corrected chi connectivity index (χ3v) is 8.44. The van der Waals surface area contributed by atoms with Crippen LogP contribution in [-0.4, -0.2) is 36.3 Å². The molecule has 2 aliphatic rings. The van der Waals surface area contributed by atoms with Gasteiger partial charge in [-0.3, -0.25) is 5.32 Å². The average Bonchev–Trinajstić information content (AvgIpc) is 3.30. The van der Waals surface area contributed by atoms with Crippen LogP contribution in [0.2, 0.25) is 0 Å². The third kappa shape index (κ3) is 4.24. The van der Waals surface area contributed by atoms with E-state index in [1.165, 1.54) is 15.6 Å². The number of amides is 2. The number of rotatable bonds is 4. The van der Waals surface area contributed by atoms with Crippen molar-refractivity contribution in [2.24, 2.45) is 0 Å². The van der Waals surface area contributed by atoms with Crippen molar-refractivity contribution in [2.45, 2.75) is 49.6 Å². The zero-order valence-corrected chi connectivity index (χ0v) is 18.4. The van der Waals surface area contributed by atoms with Crippen LogP contribution in [0.15, 0.2) is 33.6 Å². The van der Waals surface area contributed by atoms with Crippen molar-refractivity contribution >= 4 is 48.5 Å². The van der Waals surface area contributed by atoms with Gasteiger partial charge in [0.15, 0.2) is 5.13 Å².